The number of hydrogen-bond acceptors (Lipinski definition) is 3. The Hall–Kier alpha value is -3.61. The smallest absolute Gasteiger partial charge is 0.329 e. The van der Waals surface area contributed by atoms with E-state index in [1.165, 1.54) is 0 Å². The number of fused-ring (bicyclic) bond motifs is 2. The number of carbonyl (C=O) groups excluding carboxylic acids is 1. The molecule has 4 aromatic rings. The van der Waals surface area contributed by atoms with E-state index in [0.29, 0.717) is 17.4 Å². The number of aromatic nitrogens is 3. The first kappa shape index (κ1) is 18.7. The number of para-hydroxylation sites is 2. The molecule has 7 heteroatoms. The van der Waals surface area contributed by atoms with Crippen LogP contribution in [0.25, 0.3) is 21.8 Å². The quantitative estimate of drug-likeness (QED) is 0.472. The molecule has 4 rings (SSSR count). The van der Waals surface area contributed by atoms with Crippen LogP contribution in [0.2, 0.25) is 0 Å². The molecule has 29 heavy (non-hydrogen) atoms. The minimum absolute atomic E-state index is 0.223. The molecule has 0 aliphatic carbocycles. The van der Waals surface area contributed by atoms with E-state index >= 15 is 0 Å². The van der Waals surface area contributed by atoms with E-state index in [-0.39, 0.29) is 12.3 Å². The highest BCUT2D eigenvalue weighted by Crippen LogP contribution is 2.22. The summed E-state index contributed by atoms with van der Waals surface area (Å²) >= 11 is 0. The maximum Gasteiger partial charge on any atom is 0.329 e. The van der Waals surface area contributed by atoms with Gasteiger partial charge in [0.25, 0.3) is 5.56 Å². The van der Waals surface area contributed by atoms with E-state index in [1.54, 1.807) is 24.3 Å². The summed E-state index contributed by atoms with van der Waals surface area (Å²) in [5.41, 5.74) is 1.20. The number of aromatic amines is 2. The van der Waals surface area contributed by atoms with Gasteiger partial charge in [-0.2, -0.15) is 0 Å². The summed E-state index contributed by atoms with van der Waals surface area (Å²) in [4.78, 5) is 44.8. The summed E-state index contributed by atoms with van der Waals surface area (Å²) in [5.74, 6) is -0.347. The van der Waals surface area contributed by atoms with Crippen LogP contribution in [0.15, 0.2) is 64.3 Å². The summed E-state index contributed by atoms with van der Waals surface area (Å²) < 4.78 is 1.04. The van der Waals surface area contributed by atoms with Crippen molar-refractivity contribution in [2.75, 3.05) is 6.54 Å². The standard InChI is InChI=1S/C22H22N4O3/c1-2-11-23-20(27)19(12-14-13-24-17-9-5-3-7-15(14)17)26-21(28)16-8-4-6-10-18(16)25-22(26)29/h3-10,13,19,24H,2,11-12H2,1H3,(H,23,27)(H,25,29)/t19-/m0/s1. The minimum Gasteiger partial charge on any atom is -0.361 e. The topological polar surface area (TPSA) is 99.8 Å². The third kappa shape index (κ3) is 3.47. The van der Waals surface area contributed by atoms with Crippen LogP contribution in [-0.4, -0.2) is 27.0 Å². The van der Waals surface area contributed by atoms with Gasteiger partial charge in [-0.15, -0.1) is 0 Å². The fourth-order valence-electron chi connectivity index (χ4n) is 3.64. The van der Waals surface area contributed by atoms with Gasteiger partial charge in [0.05, 0.1) is 10.9 Å². The van der Waals surface area contributed by atoms with Gasteiger partial charge in [-0.05, 0) is 30.2 Å². The Morgan fingerprint density at radius 3 is 2.48 bits per heavy atom. The van der Waals surface area contributed by atoms with Crippen LogP contribution < -0.4 is 16.6 Å². The largest absolute Gasteiger partial charge is 0.361 e. The van der Waals surface area contributed by atoms with Crippen molar-refractivity contribution in [3.63, 3.8) is 0 Å². The Balaban J connectivity index is 1.85. The summed E-state index contributed by atoms with van der Waals surface area (Å²) in [6, 6.07) is 13.6. The van der Waals surface area contributed by atoms with E-state index in [1.807, 2.05) is 37.4 Å². The average molecular weight is 390 g/mol. The van der Waals surface area contributed by atoms with Gasteiger partial charge in [-0.25, -0.2) is 9.36 Å². The molecule has 1 atom stereocenters. The summed E-state index contributed by atoms with van der Waals surface area (Å²) in [6.45, 7) is 2.42. The van der Waals surface area contributed by atoms with Crippen LogP contribution in [0.5, 0.6) is 0 Å². The second-order valence-corrected chi connectivity index (χ2v) is 7.02. The number of nitrogens with one attached hydrogen (secondary N) is 3. The molecule has 2 aromatic heterocycles. The molecule has 0 saturated heterocycles. The molecule has 0 bridgehead atoms. The number of nitrogens with zero attached hydrogens (tertiary/aromatic N) is 1. The Morgan fingerprint density at radius 2 is 1.72 bits per heavy atom. The fraction of sp³-hybridized carbons (Fsp3) is 0.227. The lowest BCUT2D eigenvalue weighted by Crippen LogP contribution is -2.45. The van der Waals surface area contributed by atoms with Crippen LogP contribution in [0.1, 0.15) is 24.9 Å². The zero-order chi connectivity index (χ0) is 20.4. The fourth-order valence-corrected chi connectivity index (χ4v) is 3.64. The Labute approximate surface area is 166 Å². The third-order valence-corrected chi connectivity index (χ3v) is 5.09. The van der Waals surface area contributed by atoms with Gasteiger partial charge in [-0.1, -0.05) is 37.3 Å². The first-order valence-corrected chi connectivity index (χ1v) is 9.66. The second kappa shape index (κ2) is 7.79. The molecule has 0 saturated carbocycles. The first-order valence-electron chi connectivity index (χ1n) is 9.66. The molecule has 3 N–H and O–H groups in total. The molecule has 0 aliphatic rings. The van der Waals surface area contributed by atoms with Gasteiger partial charge in [0.15, 0.2) is 0 Å². The number of amides is 1. The van der Waals surface area contributed by atoms with E-state index < -0.39 is 17.3 Å². The number of benzene rings is 2. The Kier molecular flexibility index (Phi) is 5.03. The van der Waals surface area contributed by atoms with Crippen LogP contribution in [0.4, 0.5) is 0 Å². The van der Waals surface area contributed by atoms with Crippen molar-refractivity contribution in [2.45, 2.75) is 25.8 Å². The summed E-state index contributed by atoms with van der Waals surface area (Å²) in [5, 5.41) is 4.17. The number of carbonyl (C=O) groups is 1. The molecule has 0 spiro atoms. The minimum atomic E-state index is -0.957. The third-order valence-electron chi connectivity index (χ3n) is 5.09. The second-order valence-electron chi connectivity index (χ2n) is 7.02. The van der Waals surface area contributed by atoms with Crippen molar-refractivity contribution >= 4 is 27.7 Å². The van der Waals surface area contributed by atoms with Gasteiger partial charge in [0.1, 0.15) is 6.04 Å². The summed E-state index contributed by atoms with van der Waals surface area (Å²) in [6.07, 6.45) is 2.81. The molecular formula is C22H22N4O3. The zero-order valence-corrected chi connectivity index (χ0v) is 16.1. The van der Waals surface area contributed by atoms with Gasteiger partial charge < -0.3 is 15.3 Å². The average Bonchev–Trinajstić information content (AvgIpc) is 3.14. The van der Waals surface area contributed by atoms with Crippen molar-refractivity contribution in [1.29, 1.82) is 0 Å². The lowest BCUT2D eigenvalue weighted by atomic mass is 10.0. The van der Waals surface area contributed by atoms with Crippen LogP contribution in [-0.2, 0) is 11.2 Å². The lowest BCUT2D eigenvalue weighted by molar-refractivity contribution is -0.124. The zero-order valence-electron chi connectivity index (χ0n) is 16.1. The molecule has 0 radical (unpaired) electrons. The number of hydrogen-bond donors (Lipinski definition) is 3. The predicted octanol–water partition coefficient (Wildman–Crippen LogP) is 2.48. The van der Waals surface area contributed by atoms with Gasteiger partial charge in [-0.3, -0.25) is 9.59 Å². The van der Waals surface area contributed by atoms with Crippen molar-refractivity contribution in [3.05, 3.63) is 81.1 Å². The molecule has 2 aromatic carbocycles. The van der Waals surface area contributed by atoms with Crippen molar-refractivity contribution in [2.24, 2.45) is 0 Å². The van der Waals surface area contributed by atoms with Crippen LogP contribution in [0.3, 0.4) is 0 Å². The molecule has 0 unspecified atom stereocenters. The molecule has 0 fully saturated rings. The van der Waals surface area contributed by atoms with E-state index in [2.05, 4.69) is 15.3 Å². The number of H-pyrrole nitrogens is 2. The highest BCUT2D eigenvalue weighted by molar-refractivity contribution is 5.86. The van der Waals surface area contributed by atoms with E-state index in [4.69, 9.17) is 0 Å². The Morgan fingerprint density at radius 1 is 1.03 bits per heavy atom. The highest BCUT2D eigenvalue weighted by Gasteiger charge is 2.26. The van der Waals surface area contributed by atoms with Crippen LogP contribution in [0, 0.1) is 0 Å². The normalized spacial score (nSPS) is 12.3. The predicted molar refractivity (Wildman–Crippen MR) is 113 cm³/mol. The molecule has 1 amide bonds. The van der Waals surface area contributed by atoms with Crippen molar-refractivity contribution in [1.82, 2.24) is 19.9 Å². The SMILES string of the molecule is CCCNC(=O)[C@H](Cc1c[nH]c2ccccc12)n1c(=O)[nH]c2ccccc2c1=O. The monoisotopic (exact) mass is 390 g/mol. The maximum absolute atomic E-state index is 13.1. The lowest BCUT2D eigenvalue weighted by Gasteiger charge is -2.19. The summed E-state index contributed by atoms with van der Waals surface area (Å²) in [7, 11) is 0. The van der Waals surface area contributed by atoms with Gasteiger partial charge >= 0.3 is 5.69 Å². The molecule has 148 valence electrons. The molecule has 0 aliphatic heterocycles. The van der Waals surface area contributed by atoms with Gasteiger partial charge in [0, 0.05) is 30.1 Å². The van der Waals surface area contributed by atoms with Crippen molar-refractivity contribution < 1.29 is 4.79 Å². The van der Waals surface area contributed by atoms with E-state index in [0.717, 1.165) is 27.5 Å². The van der Waals surface area contributed by atoms with Gasteiger partial charge in [0.2, 0.25) is 5.91 Å². The van der Waals surface area contributed by atoms with E-state index in [9.17, 15) is 14.4 Å². The van der Waals surface area contributed by atoms with Crippen molar-refractivity contribution in [3.8, 4) is 0 Å². The molecule has 2 heterocycles. The van der Waals surface area contributed by atoms with Crippen LogP contribution >= 0.6 is 0 Å². The Bertz CT molecular complexity index is 1300. The number of rotatable bonds is 6. The molecule has 7 nitrogen and oxygen atoms in total. The maximum atomic E-state index is 13.1. The highest BCUT2D eigenvalue weighted by atomic mass is 16.2. The first-order chi connectivity index (χ1) is 14.1. The molecular weight excluding hydrogens is 368 g/mol.